The lowest BCUT2D eigenvalue weighted by Crippen LogP contribution is -2.56. The van der Waals surface area contributed by atoms with Crippen molar-refractivity contribution in [3.63, 3.8) is 0 Å². The maximum Gasteiger partial charge on any atom is 0.134 e. The molecule has 23 heavy (non-hydrogen) atoms. The van der Waals surface area contributed by atoms with Crippen LogP contribution >= 0.6 is 0 Å². The summed E-state index contributed by atoms with van der Waals surface area (Å²) >= 11 is 0. The van der Waals surface area contributed by atoms with Gasteiger partial charge in [0, 0.05) is 36.0 Å². The van der Waals surface area contributed by atoms with E-state index >= 15 is 0 Å². The van der Waals surface area contributed by atoms with Crippen LogP contribution in [0.2, 0.25) is 0 Å². The molecule has 4 bridgehead atoms. The SMILES string of the molecule is CCCC1CC2CC3c4oc5ccc(O)cc5c4CCN(C2)C13. The summed E-state index contributed by atoms with van der Waals surface area (Å²) in [6.45, 7) is 4.75. The first-order valence-corrected chi connectivity index (χ1v) is 9.23. The van der Waals surface area contributed by atoms with Gasteiger partial charge < -0.3 is 9.52 Å². The topological polar surface area (TPSA) is 36.6 Å². The zero-order chi connectivity index (χ0) is 15.6. The van der Waals surface area contributed by atoms with Crippen molar-refractivity contribution in [1.29, 1.82) is 0 Å². The minimum Gasteiger partial charge on any atom is -0.508 e. The number of hydrogen-bond acceptors (Lipinski definition) is 3. The molecular weight excluding hydrogens is 286 g/mol. The molecule has 0 radical (unpaired) electrons. The van der Waals surface area contributed by atoms with Crippen LogP contribution < -0.4 is 0 Å². The smallest absolute Gasteiger partial charge is 0.134 e. The fourth-order valence-corrected chi connectivity index (χ4v) is 5.78. The van der Waals surface area contributed by atoms with Gasteiger partial charge in [-0.05, 0) is 55.7 Å². The maximum atomic E-state index is 9.87. The molecule has 3 fully saturated rings. The fourth-order valence-electron chi connectivity index (χ4n) is 5.78. The van der Waals surface area contributed by atoms with Crippen molar-refractivity contribution >= 4 is 11.0 Å². The molecule has 122 valence electrons. The average Bonchev–Trinajstić information content (AvgIpc) is 2.85. The molecule has 1 aliphatic carbocycles. The van der Waals surface area contributed by atoms with Gasteiger partial charge in [-0.1, -0.05) is 13.3 Å². The molecule has 2 aromatic rings. The number of benzene rings is 1. The third-order valence-corrected chi connectivity index (χ3v) is 6.48. The Morgan fingerprint density at radius 2 is 2.22 bits per heavy atom. The molecule has 2 saturated heterocycles. The monoisotopic (exact) mass is 311 g/mol. The third-order valence-electron chi connectivity index (χ3n) is 6.48. The second kappa shape index (κ2) is 5.01. The molecule has 4 heterocycles. The second-order valence-electron chi connectivity index (χ2n) is 7.85. The van der Waals surface area contributed by atoms with E-state index in [1.165, 1.54) is 43.6 Å². The van der Waals surface area contributed by atoms with E-state index in [0.717, 1.165) is 35.8 Å². The molecule has 3 nitrogen and oxygen atoms in total. The number of piperidine rings is 2. The van der Waals surface area contributed by atoms with Gasteiger partial charge in [-0.15, -0.1) is 0 Å². The number of furan rings is 1. The second-order valence-corrected chi connectivity index (χ2v) is 7.85. The lowest BCUT2D eigenvalue weighted by atomic mass is 9.65. The fraction of sp³-hybridized carbons (Fsp3) is 0.600. The summed E-state index contributed by atoms with van der Waals surface area (Å²) in [5, 5.41) is 11.0. The van der Waals surface area contributed by atoms with Gasteiger partial charge in [0.15, 0.2) is 0 Å². The highest BCUT2D eigenvalue weighted by molar-refractivity contribution is 5.84. The summed E-state index contributed by atoms with van der Waals surface area (Å²) < 4.78 is 6.35. The first-order valence-electron chi connectivity index (χ1n) is 9.23. The van der Waals surface area contributed by atoms with Gasteiger partial charge in [0.1, 0.15) is 17.1 Å². The normalized spacial score (nSPS) is 35.3. The molecule has 0 amide bonds. The van der Waals surface area contributed by atoms with Crippen LogP contribution in [0.1, 0.15) is 49.8 Å². The van der Waals surface area contributed by atoms with Gasteiger partial charge in [0.2, 0.25) is 0 Å². The van der Waals surface area contributed by atoms with E-state index < -0.39 is 0 Å². The Balaban J connectivity index is 1.64. The van der Waals surface area contributed by atoms with Crippen LogP contribution in [0.5, 0.6) is 5.75 Å². The standard InChI is InChI=1S/C20H25NO2/c1-2-3-13-8-12-9-17-19(13)21(11-12)7-6-15-16-10-14(22)4-5-18(16)23-20(15)17/h4-5,10,12-13,17,19,22H,2-3,6-9,11H2,1H3. The van der Waals surface area contributed by atoms with Crippen LogP contribution in [0.15, 0.2) is 22.6 Å². The number of hydrogen-bond donors (Lipinski definition) is 1. The van der Waals surface area contributed by atoms with Gasteiger partial charge in [-0.25, -0.2) is 0 Å². The first kappa shape index (κ1) is 13.9. The van der Waals surface area contributed by atoms with Crippen molar-refractivity contribution in [2.24, 2.45) is 11.8 Å². The molecule has 4 aliphatic rings. The van der Waals surface area contributed by atoms with E-state index in [-0.39, 0.29) is 0 Å². The molecule has 5 unspecified atom stereocenters. The van der Waals surface area contributed by atoms with Crippen molar-refractivity contribution in [2.75, 3.05) is 13.1 Å². The average molecular weight is 311 g/mol. The largest absolute Gasteiger partial charge is 0.508 e. The summed E-state index contributed by atoms with van der Waals surface area (Å²) in [5.41, 5.74) is 2.32. The highest BCUT2D eigenvalue weighted by atomic mass is 16.3. The molecule has 3 heteroatoms. The van der Waals surface area contributed by atoms with E-state index in [1.807, 2.05) is 12.1 Å². The summed E-state index contributed by atoms with van der Waals surface area (Å²) in [5.74, 6) is 3.83. The van der Waals surface area contributed by atoms with Crippen molar-refractivity contribution in [3.8, 4) is 5.75 Å². The highest BCUT2D eigenvalue weighted by Gasteiger charge is 2.49. The van der Waals surface area contributed by atoms with Crippen LogP contribution in [-0.4, -0.2) is 29.1 Å². The zero-order valence-electron chi connectivity index (χ0n) is 13.8. The molecule has 1 N–H and O–H groups in total. The molecule has 6 rings (SSSR count). The van der Waals surface area contributed by atoms with Gasteiger partial charge in [-0.3, -0.25) is 4.90 Å². The van der Waals surface area contributed by atoms with Crippen molar-refractivity contribution < 1.29 is 9.52 Å². The number of phenolic OH excluding ortho intramolecular Hbond substituents is 1. The predicted molar refractivity (Wildman–Crippen MR) is 90.8 cm³/mol. The summed E-state index contributed by atoms with van der Waals surface area (Å²) in [6, 6.07) is 6.24. The van der Waals surface area contributed by atoms with Crippen LogP contribution in [-0.2, 0) is 6.42 Å². The van der Waals surface area contributed by atoms with Crippen molar-refractivity contribution in [2.45, 2.75) is 51.0 Å². The van der Waals surface area contributed by atoms with Crippen LogP contribution in [0.25, 0.3) is 11.0 Å². The Bertz CT molecular complexity index is 749. The van der Waals surface area contributed by atoms with E-state index in [1.54, 1.807) is 6.07 Å². The Morgan fingerprint density at radius 1 is 1.30 bits per heavy atom. The molecular formula is C20H25NO2. The van der Waals surface area contributed by atoms with E-state index in [9.17, 15) is 5.11 Å². The molecule has 0 spiro atoms. The highest BCUT2D eigenvalue weighted by Crippen LogP contribution is 2.52. The van der Waals surface area contributed by atoms with Gasteiger partial charge in [0.25, 0.3) is 0 Å². The molecule has 1 aromatic heterocycles. The summed E-state index contributed by atoms with van der Waals surface area (Å²) in [7, 11) is 0. The molecule has 1 saturated carbocycles. The third kappa shape index (κ3) is 1.99. The Hall–Kier alpha value is -1.48. The summed E-state index contributed by atoms with van der Waals surface area (Å²) in [4.78, 5) is 2.76. The molecule has 3 aliphatic heterocycles. The zero-order valence-corrected chi connectivity index (χ0v) is 13.8. The van der Waals surface area contributed by atoms with E-state index in [2.05, 4.69) is 11.8 Å². The lowest BCUT2D eigenvalue weighted by molar-refractivity contribution is -0.0188. The Labute approximate surface area is 137 Å². The minimum atomic E-state index is 0.346. The molecule has 5 atom stereocenters. The summed E-state index contributed by atoms with van der Waals surface area (Å²) in [6.07, 6.45) is 6.41. The van der Waals surface area contributed by atoms with Crippen molar-refractivity contribution in [3.05, 3.63) is 29.5 Å². The number of phenols is 1. The van der Waals surface area contributed by atoms with E-state index in [4.69, 9.17) is 4.42 Å². The first-order chi connectivity index (χ1) is 11.2. The Morgan fingerprint density at radius 3 is 3.09 bits per heavy atom. The number of fused-ring (bicyclic) bond motifs is 4. The lowest BCUT2D eigenvalue weighted by Gasteiger charge is -2.53. The maximum absolute atomic E-state index is 9.87. The molecule has 1 aromatic carbocycles. The minimum absolute atomic E-state index is 0.346. The Kier molecular flexibility index (Phi) is 3.03. The van der Waals surface area contributed by atoms with Gasteiger partial charge in [-0.2, -0.15) is 0 Å². The number of nitrogens with zero attached hydrogens (tertiary/aromatic N) is 1. The number of rotatable bonds is 2. The van der Waals surface area contributed by atoms with Crippen molar-refractivity contribution in [1.82, 2.24) is 4.90 Å². The number of aromatic hydroxyl groups is 1. The predicted octanol–water partition coefficient (Wildman–Crippen LogP) is 4.29. The van der Waals surface area contributed by atoms with Gasteiger partial charge in [0.05, 0.1) is 0 Å². The van der Waals surface area contributed by atoms with Crippen LogP contribution in [0, 0.1) is 11.8 Å². The van der Waals surface area contributed by atoms with Crippen LogP contribution in [0.4, 0.5) is 0 Å². The van der Waals surface area contributed by atoms with E-state index in [0.29, 0.717) is 17.7 Å². The quantitative estimate of drug-likeness (QED) is 0.899. The van der Waals surface area contributed by atoms with Crippen LogP contribution in [0.3, 0.4) is 0 Å². The van der Waals surface area contributed by atoms with Gasteiger partial charge >= 0.3 is 0 Å².